The fraction of sp³-hybridized carbons (Fsp3) is 0.261. The zero-order valence-electron chi connectivity index (χ0n) is 16.7. The van der Waals surface area contributed by atoms with Gasteiger partial charge in [0.25, 0.3) is 0 Å². The predicted molar refractivity (Wildman–Crippen MR) is 116 cm³/mol. The molecule has 1 aromatic heterocycles. The third kappa shape index (κ3) is 3.78. The van der Waals surface area contributed by atoms with E-state index >= 15 is 0 Å². The van der Waals surface area contributed by atoms with Crippen LogP contribution in [0.5, 0.6) is 5.75 Å². The van der Waals surface area contributed by atoms with Crippen molar-refractivity contribution in [3.05, 3.63) is 60.4 Å². The second-order valence-corrected chi connectivity index (χ2v) is 6.98. The van der Waals surface area contributed by atoms with Gasteiger partial charge in [0.1, 0.15) is 17.9 Å². The van der Waals surface area contributed by atoms with Crippen LogP contribution in [-0.2, 0) is 11.2 Å². The number of anilines is 3. The minimum absolute atomic E-state index is 0.180. The van der Waals surface area contributed by atoms with Crippen molar-refractivity contribution in [2.24, 2.45) is 0 Å². The molecule has 2 aromatic carbocycles. The summed E-state index contributed by atoms with van der Waals surface area (Å²) in [6.45, 7) is 2.94. The standard InChI is InChI=1S/C23H24N4O2/c1-3-4-5-10-22(28)26-19-13-17-18(14-21(19)29-2)24-15-25-23(17)27-12-11-16-8-6-7-9-20(16)27/h5-10,13-15H,3-4,11-12H2,1-2H3,(H,26,28)/b10-5+. The van der Waals surface area contributed by atoms with Crippen LogP contribution in [0.2, 0.25) is 0 Å². The van der Waals surface area contributed by atoms with Gasteiger partial charge in [0.2, 0.25) is 5.91 Å². The summed E-state index contributed by atoms with van der Waals surface area (Å²) in [5.41, 5.74) is 3.85. The van der Waals surface area contributed by atoms with Crippen molar-refractivity contribution >= 4 is 34.0 Å². The van der Waals surface area contributed by atoms with Gasteiger partial charge in [-0.1, -0.05) is 37.6 Å². The monoisotopic (exact) mass is 388 g/mol. The quantitative estimate of drug-likeness (QED) is 0.624. The molecule has 1 aliphatic heterocycles. The Morgan fingerprint density at radius 2 is 2.14 bits per heavy atom. The fourth-order valence-electron chi connectivity index (χ4n) is 3.64. The summed E-state index contributed by atoms with van der Waals surface area (Å²) in [5, 5.41) is 3.80. The maximum Gasteiger partial charge on any atom is 0.248 e. The number of amides is 1. The molecule has 6 heteroatoms. The van der Waals surface area contributed by atoms with Crippen LogP contribution in [0.4, 0.5) is 17.2 Å². The highest BCUT2D eigenvalue weighted by molar-refractivity contribution is 6.03. The van der Waals surface area contributed by atoms with E-state index in [1.165, 1.54) is 5.56 Å². The Morgan fingerprint density at radius 3 is 2.97 bits per heavy atom. The van der Waals surface area contributed by atoms with E-state index in [2.05, 4.69) is 45.3 Å². The van der Waals surface area contributed by atoms with Gasteiger partial charge in [0.15, 0.2) is 0 Å². The van der Waals surface area contributed by atoms with Gasteiger partial charge in [-0.3, -0.25) is 4.79 Å². The van der Waals surface area contributed by atoms with Crippen molar-refractivity contribution in [3.8, 4) is 5.75 Å². The van der Waals surface area contributed by atoms with Crippen molar-refractivity contribution in [1.29, 1.82) is 0 Å². The van der Waals surface area contributed by atoms with E-state index in [4.69, 9.17) is 4.74 Å². The highest BCUT2D eigenvalue weighted by Crippen LogP contribution is 2.39. The number of ether oxygens (including phenoxy) is 1. The molecule has 0 saturated heterocycles. The molecule has 1 aliphatic rings. The number of benzene rings is 2. The van der Waals surface area contributed by atoms with Crippen molar-refractivity contribution in [1.82, 2.24) is 9.97 Å². The fourth-order valence-corrected chi connectivity index (χ4v) is 3.64. The van der Waals surface area contributed by atoms with Crippen LogP contribution in [0, 0.1) is 0 Å². The number of unbranched alkanes of at least 4 members (excludes halogenated alkanes) is 1. The number of carbonyl (C=O) groups is 1. The summed E-state index contributed by atoms with van der Waals surface area (Å²) >= 11 is 0. The van der Waals surface area contributed by atoms with Crippen LogP contribution in [-0.4, -0.2) is 29.5 Å². The first-order valence-electron chi connectivity index (χ1n) is 9.87. The number of rotatable bonds is 6. The van der Waals surface area contributed by atoms with Gasteiger partial charge in [-0.25, -0.2) is 9.97 Å². The van der Waals surface area contributed by atoms with E-state index in [-0.39, 0.29) is 5.91 Å². The Bertz CT molecular complexity index is 1080. The third-order valence-corrected chi connectivity index (χ3v) is 5.06. The number of fused-ring (bicyclic) bond motifs is 2. The summed E-state index contributed by atoms with van der Waals surface area (Å²) in [5.74, 6) is 1.22. The van der Waals surface area contributed by atoms with Gasteiger partial charge in [-0.2, -0.15) is 0 Å². The van der Waals surface area contributed by atoms with Crippen LogP contribution >= 0.6 is 0 Å². The Kier molecular flexibility index (Phi) is 5.42. The molecule has 0 unspecified atom stereocenters. The van der Waals surface area contributed by atoms with Gasteiger partial charge in [-0.05, 0) is 36.6 Å². The lowest BCUT2D eigenvalue weighted by molar-refractivity contribution is -0.111. The van der Waals surface area contributed by atoms with E-state index < -0.39 is 0 Å². The average molecular weight is 388 g/mol. The minimum atomic E-state index is -0.180. The Hall–Kier alpha value is -3.41. The highest BCUT2D eigenvalue weighted by Gasteiger charge is 2.23. The molecule has 1 amide bonds. The van der Waals surface area contributed by atoms with Crippen LogP contribution in [0.25, 0.3) is 10.9 Å². The van der Waals surface area contributed by atoms with E-state index in [0.717, 1.165) is 48.2 Å². The van der Waals surface area contributed by atoms with Crippen LogP contribution in [0.1, 0.15) is 25.3 Å². The molecule has 3 aromatic rings. The Labute approximate surface area is 170 Å². The SMILES string of the molecule is CCC/C=C/C(=O)Nc1cc2c(N3CCc4ccccc43)ncnc2cc1OC. The third-order valence-electron chi connectivity index (χ3n) is 5.06. The van der Waals surface area contributed by atoms with Gasteiger partial charge >= 0.3 is 0 Å². The molecule has 0 bridgehead atoms. The normalized spacial score (nSPS) is 13.1. The molecule has 2 heterocycles. The van der Waals surface area contributed by atoms with E-state index in [1.54, 1.807) is 19.5 Å². The lowest BCUT2D eigenvalue weighted by Crippen LogP contribution is -2.16. The molecular formula is C23H24N4O2. The first-order chi connectivity index (χ1) is 14.2. The number of allylic oxidation sites excluding steroid dienone is 1. The summed E-state index contributed by atoms with van der Waals surface area (Å²) in [6.07, 6.45) is 7.86. The average Bonchev–Trinajstić information content (AvgIpc) is 3.17. The molecule has 0 radical (unpaired) electrons. The van der Waals surface area contributed by atoms with Crippen LogP contribution < -0.4 is 15.0 Å². The number of nitrogens with zero attached hydrogens (tertiary/aromatic N) is 3. The number of nitrogens with one attached hydrogen (secondary N) is 1. The lowest BCUT2D eigenvalue weighted by Gasteiger charge is -2.20. The highest BCUT2D eigenvalue weighted by atomic mass is 16.5. The maximum atomic E-state index is 12.3. The molecule has 148 valence electrons. The van der Waals surface area contributed by atoms with Gasteiger partial charge in [-0.15, -0.1) is 0 Å². The minimum Gasteiger partial charge on any atom is -0.494 e. The summed E-state index contributed by atoms with van der Waals surface area (Å²) in [4.78, 5) is 23.5. The van der Waals surface area contributed by atoms with Gasteiger partial charge in [0, 0.05) is 23.7 Å². The number of aromatic nitrogens is 2. The molecule has 0 spiro atoms. The molecule has 0 fully saturated rings. The Balaban J connectivity index is 1.75. The van der Waals surface area contributed by atoms with Crippen molar-refractivity contribution in [2.45, 2.75) is 26.2 Å². The van der Waals surface area contributed by atoms with Gasteiger partial charge in [0.05, 0.1) is 18.3 Å². The summed E-state index contributed by atoms with van der Waals surface area (Å²) in [6, 6.07) is 12.1. The lowest BCUT2D eigenvalue weighted by atomic mass is 10.1. The molecule has 0 atom stereocenters. The number of carbonyl (C=O) groups excluding carboxylic acids is 1. The molecular weight excluding hydrogens is 364 g/mol. The zero-order valence-corrected chi connectivity index (χ0v) is 16.7. The first kappa shape index (κ1) is 18.9. The zero-order chi connectivity index (χ0) is 20.2. The summed E-state index contributed by atoms with van der Waals surface area (Å²) in [7, 11) is 1.59. The Morgan fingerprint density at radius 1 is 1.28 bits per heavy atom. The molecule has 0 aliphatic carbocycles. The topological polar surface area (TPSA) is 67.4 Å². The van der Waals surface area contributed by atoms with E-state index in [1.807, 2.05) is 24.3 Å². The van der Waals surface area contributed by atoms with Crippen molar-refractivity contribution in [3.63, 3.8) is 0 Å². The molecule has 1 N–H and O–H groups in total. The number of hydrogen-bond donors (Lipinski definition) is 1. The largest absolute Gasteiger partial charge is 0.494 e. The first-order valence-corrected chi connectivity index (χ1v) is 9.87. The second-order valence-electron chi connectivity index (χ2n) is 6.98. The summed E-state index contributed by atoms with van der Waals surface area (Å²) < 4.78 is 5.49. The second kappa shape index (κ2) is 8.31. The smallest absolute Gasteiger partial charge is 0.248 e. The van der Waals surface area contributed by atoms with Crippen molar-refractivity contribution in [2.75, 3.05) is 23.9 Å². The molecule has 4 rings (SSSR count). The van der Waals surface area contributed by atoms with Crippen LogP contribution in [0.15, 0.2) is 54.9 Å². The van der Waals surface area contributed by atoms with Gasteiger partial charge < -0.3 is 15.0 Å². The molecule has 0 saturated carbocycles. The number of hydrogen-bond acceptors (Lipinski definition) is 5. The van der Waals surface area contributed by atoms with Crippen LogP contribution in [0.3, 0.4) is 0 Å². The maximum absolute atomic E-state index is 12.3. The predicted octanol–water partition coefficient (Wildman–Crippen LogP) is 4.63. The van der Waals surface area contributed by atoms with E-state index in [9.17, 15) is 4.79 Å². The molecule has 6 nitrogen and oxygen atoms in total. The number of methoxy groups -OCH3 is 1. The van der Waals surface area contributed by atoms with Crippen molar-refractivity contribution < 1.29 is 9.53 Å². The molecule has 29 heavy (non-hydrogen) atoms. The number of para-hydroxylation sites is 1. The van der Waals surface area contributed by atoms with E-state index in [0.29, 0.717) is 11.4 Å².